The van der Waals surface area contributed by atoms with E-state index >= 15 is 0 Å². The van der Waals surface area contributed by atoms with Gasteiger partial charge in [-0.05, 0) is 24.6 Å². The number of methoxy groups -OCH3 is 1. The first-order chi connectivity index (χ1) is 8.61. The van der Waals surface area contributed by atoms with E-state index in [9.17, 15) is 4.79 Å². The zero-order valence-electron chi connectivity index (χ0n) is 10.1. The van der Waals surface area contributed by atoms with Crippen LogP contribution in [0, 0.1) is 6.92 Å². The number of carbonyl (C=O) groups excluding carboxylic acids is 1. The van der Waals surface area contributed by atoms with Gasteiger partial charge in [-0.1, -0.05) is 28.9 Å². The van der Waals surface area contributed by atoms with Crippen molar-refractivity contribution in [2.75, 3.05) is 7.11 Å². The molecule has 0 N–H and O–H groups in total. The third-order valence-corrected chi connectivity index (χ3v) is 2.86. The Bertz CT molecular complexity index is 563. The van der Waals surface area contributed by atoms with Crippen molar-refractivity contribution in [3.05, 3.63) is 46.2 Å². The highest BCUT2D eigenvalue weighted by Gasteiger charge is 2.16. The van der Waals surface area contributed by atoms with Crippen molar-refractivity contribution < 1.29 is 9.53 Å². The molecule has 1 aromatic heterocycles. The van der Waals surface area contributed by atoms with Gasteiger partial charge >= 0.3 is 5.97 Å². The van der Waals surface area contributed by atoms with Crippen LogP contribution in [0.3, 0.4) is 0 Å². The van der Waals surface area contributed by atoms with E-state index in [1.165, 1.54) is 7.11 Å². The van der Waals surface area contributed by atoms with Gasteiger partial charge < -0.3 is 4.74 Å². The van der Waals surface area contributed by atoms with Crippen molar-refractivity contribution in [2.45, 2.75) is 13.5 Å². The maximum atomic E-state index is 11.4. The molecule has 0 fully saturated rings. The van der Waals surface area contributed by atoms with E-state index in [-0.39, 0.29) is 5.69 Å². The molecule has 18 heavy (non-hydrogen) atoms. The zero-order chi connectivity index (χ0) is 13.1. The summed E-state index contributed by atoms with van der Waals surface area (Å²) in [6.07, 6.45) is 0. The Hall–Kier alpha value is -1.88. The second kappa shape index (κ2) is 5.18. The van der Waals surface area contributed by atoms with Gasteiger partial charge in [0.25, 0.3) is 0 Å². The molecule has 1 heterocycles. The van der Waals surface area contributed by atoms with Crippen molar-refractivity contribution in [1.82, 2.24) is 15.0 Å². The average molecular weight is 266 g/mol. The minimum absolute atomic E-state index is 0.242. The van der Waals surface area contributed by atoms with Crippen LogP contribution >= 0.6 is 11.6 Å². The molecular weight excluding hydrogens is 254 g/mol. The van der Waals surface area contributed by atoms with Crippen LogP contribution in [0.25, 0.3) is 0 Å². The van der Waals surface area contributed by atoms with Crippen LogP contribution in [0.1, 0.15) is 21.7 Å². The number of esters is 1. The van der Waals surface area contributed by atoms with Crippen LogP contribution in [0.2, 0.25) is 5.02 Å². The number of rotatable bonds is 3. The summed E-state index contributed by atoms with van der Waals surface area (Å²) < 4.78 is 6.27. The molecule has 0 saturated heterocycles. The van der Waals surface area contributed by atoms with Crippen molar-refractivity contribution in [3.63, 3.8) is 0 Å². The Balaban J connectivity index is 2.22. The second-order valence-electron chi connectivity index (χ2n) is 3.80. The summed E-state index contributed by atoms with van der Waals surface area (Å²) in [5, 5.41) is 8.43. The highest BCUT2D eigenvalue weighted by Crippen LogP contribution is 2.12. The molecule has 5 nitrogen and oxygen atoms in total. The van der Waals surface area contributed by atoms with Crippen LogP contribution in [-0.4, -0.2) is 28.1 Å². The summed E-state index contributed by atoms with van der Waals surface area (Å²) in [5.74, 6) is -0.477. The van der Waals surface area contributed by atoms with E-state index in [4.69, 9.17) is 11.6 Å². The Labute approximate surface area is 109 Å². The molecule has 6 heteroatoms. The fraction of sp³-hybridized carbons (Fsp3) is 0.250. The van der Waals surface area contributed by atoms with E-state index in [2.05, 4.69) is 15.0 Å². The number of benzene rings is 1. The summed E-state index contributed by atoms with van der Waals surface area (Å²) in [4.78, 5) is 11.4. The van der Waals surface area contributed by atoms with Gasteiger partial charge in [0, 0.05) is 5.02 Å². The highest BCUT2D eigenvalue weighted by molar-refractivity contribution is 6.30. The first kappa shape index (κ1) is 12.6. The molecule has 1 aromatic carbocycles. The third kappa shape index (κ3) is 2.51. The SMILES string of the molecule is COC(=O)c1nnn(Cc2ccc(Cl)cc2)c1C. The third-order valence-electron chi connectivity index (χ3n) is 2.61. The van der Waals surface area contributed by atoms with E-state index in [0.29, 0.717) is 17.3 Å². The topological polar surface area (TPSA) is 57.0 Å². The van der Waals surface area contributed by atoms with Gasteiger partial charge in [-0.25, -0.2) is 9.48 Å². The number of hydrogen-bond acceptors (Lipinski definition) is 4. The summed E-state index contributed by atoms with van der Waals surface area (Å²) in [6, 6.07) is 7.43. The molecule has 0 aliphatic rings. The fourth-order valence-corrected chi connectivity index (χ4v) is 1.68. The Morgan fingerprint density at radius 2 is 2.06 bits per heavy atom. The average Bonchev–Trinajstić information content (AvgIpc) is 2.73. The first-order valence-corrected chi connectivity index (χ1v) is 5.72. The molecule has 0 atom stereocenters. The molecular formula is C12H12ClN3O2. The van der Waals surface area contributed by atoms with Crippen LogP contribution in [0.15, 0.2) is 24.3 Å². The largest absolute Gasteiger partial charge is 0.464 e. The lowest BCUT2D eigenvalue weighted by atomic mass is 10.2. The predicted molar refractivity (Wildman–Crippen MR) is 66.7 cm³/mol. The van der Waals surface area contributed by atoms with Crippen LogP contribution in [0.4, 0.5) is 0 Å². The van der Waals surface area contributed by atoms with Gasteiger partial charge in [0.15, 0.2) is 5.69 Å². The molecule has 2 rings (SSSR count). The van der Waals surface area contributed by atoms with Gasteiger partial charge in [-0.3, -0.25) is 0 Å². The Morgan fingerprint density at radius 1 is 1.39 bits per heavy atom. The minimum Gasteiger partial charge on any atom is -0.464 e. The van der Waals surface area contributed by atoms with Gasteiger partial charge in [-0.15, -0.1) is 5.10 Å². The second-order valence-corrected chi connectivity index (χ2v) is 4.24. The van der Waals surface area contributed by atoms with E-state index in [1.807, 2.05) is 24.3 Å². The summed E-state index contributed by atoms with van der Waals surface area (Å²) in [6.45, 7) is 2.31. The molecule has 0 bridgehead atoms. The Kier molecular flexibility index (Phi) is 3.62. The van der Waals surface area contributed by atoms with Crippen molar-refractivity contribution in [2.24, 2.45) is 0 Å². The van der Waals surface area contributed by atoms with Gasteiger partial charge in [0.2, 0.25) is 0 Å². The van der Waals surface area contributed by atoms with E-state index < -0.39 is 5.97 Å². The number of hydrogen-bond donors (Lipinski definition) is 0. The standard InChI is InChI=1S/C12H12ClN3O2/c1-8-11(12(17)18-2)14-15-16(8)7-9-3-5-10(13)6-4-9/h3-6H,7H2,1-2H3. The van der Waals surface area contributed by atoms with E-state index in [1.54, 1.807) is 11.6 Å². The first-order valence-electron chi connectivity index (χ1n) is 5.34. The maximum Gasteiger partial charge on any atom is 0.360 e. The lowest BCUT2D eigenvalue weighted by Gasteiger charge is -2.03. The number of nitrogens with zero attached hydrogens (tertiary/aromatic N) is 3. The number of ether oxygens (including phenoxy) is 1. The smallest absolute Gasteiger partial charge is 0.360 e. The number of aromatic nitrogens is 3. The van der Waals surface area contributed by atoms with Gasteiger partial charge in [-0.2, -0.15) is 0 Å². The summed E-state index contributed by atoms with van der Waals surface area (Å²) >= 11 is 5.81. The summed E-state index contributed by atoms with van der Waals surface area (Å²) in [5.41, 5.74) is 1.95. The fourth-order valence-electron chi connectivity index (χ4n) is 1.56. The molecule has 2 aromatic rings. The number of carbonyl (C=O) groups is 1. The molecule has 0 aliphatic heterocycles. The minimum atomic E-state index is -0.477. The molecule has 0 aliphatic carbocycles. The van der Waals surface area contributed by atoms with Crippen molar-refractivity contribution >= 4 is 17.6 Å². The molecule has 0 spiro atoms. The van der Waals surface area contributed by atoms with Gasteiger partial charge in [0.05, 0.1) is 19.3 Å². The van der Waals surface area contributed by atoms with Gasteiger partial charge in [0.1, 0.15) is 0 Å². The lowest BCUT2D eigenvalue weighted by Crippen LogP contribution is -2.07. The normalized spacial score (nSPS) is 10.4. The number of halogens is 1. The predicted octanol–water partition coefficient (Wildman–Crippen LogP) is 2.07. The molecule has 0 unspecified atom stereocenters. The summed E-state index contributed by atoms with van der Waals surface area (Å²) in [7, 11) is 1.32. The monoisotopic (exact) mass is 265 g/mol. The molecule has 0 radical (unpaired) electrons. The molecule has 0 saturated carbocycles. The molecule has 94 valence electrons. The van der Waals surface area contributed by atoms with Crippen LogP contribution in [0.5, 0.6) is 0 Å². The quantitative estimate of drug-likeness (QED) is 0.798. The van der Waals surface area contributed by atoms with Crippen LogP contribution < -0.4 is 0 Å². The Morgan fingerprint density at radius 3 is 2.67 bits per heavy atom. The zero-order valence-corrected chi connectivity index (χ0v) is 10.8. The van der Waals surface area contributed by atoms with Crippen molar-refractivity contribution in [1.29, 1.82) is 0 Å². The highest BCUT2D eigenvalue weighted by atomic mass is 35.5. The van der Waals surface area contributed by atoms with Crippen molar-refractivity contribution in [3.8, 4) is 0 Å². The molecule has 0 amide bonds. The van der Waals surface area contributed by atoms with E-state index in [0.717, 1.165) is 5.56 Å². The maximum absolute atomic E-state index is 11.4. The van der Waals surface area contributed by atoms with Crippen LogP contribution in [-0.2, 0) is 11.3 Å². The lowest BCUT2D eigenvalue weighted by molar-refractivity contribution is 0.0593.